The van der Waals surface area contributed by atoms with Crippen molar-refractivity contribution in [2.45, 2.75) is 98.3 Å². The van der Waals surface area contributed by atoms with Crippen LogP contribution in [-0.4, -0.2) is 25.0 Å². The van der Waals surface area contributed by atoms with Crippen LogP contribution in [-0.2, 0) is 0 Å². The third-order valence-electron chi connectivity index (χ3n) is 3.64. The first-order chi connectivity index (χ1) is 10.1. The SMILES string of the molecule is C=C(C)CN(C)CCCCCCCCC.CCCCCC. The van der Waals surface area contributed by atoms with E-state index < -0.39 is 0 Å². The molecule has 0 aliphatic carbocycles. The maximum Gasteiger partial charge on any atom is 0.0184 e. The molecule has 0 rings (SSSR count). The summed E-state index contributed by atoms with van der Waals surface area (Å²) in [7, 11) is 2.19. The molecule has 1 heteroatoms. The van der Waals surface area contributed by atoms with Crippen LogP contribution in [0.15, 0.2) is 12.2 Å². The smallest absolute Gasteiger partial charge is 0.0184 e. The third kappa shape index (κ3) is 25.0. The minimum absolute atomic E-state index is 1.05. The van der Waals surface area contributed by atoms with Crippen molar-refractivity contribution in [2.75, 3.05) is 20.1 Å². The van der Waals surface area contributed by atoms with Crippen LogP contribution < -0.4 is 0 Å². The summed E-state index contributed by atoms with van der Waals surface area (Å²) in [5.41, 5.74) is 1.26. The van der Waals surface area contributed by atoms with Gasteiger partial charge in [-0.15, -0.1) is 0 Å². The van der Waals surface area contributed by atoms with Gasteiger partial charge < -0.3 is 4.90 Å². The van der Waals surface area contributed by atoms with Crippen LogP contribution in [0.1, 0.15) is 98.3 Å². The third-order valence-corrected chi connectivity index (χ3v) is 3.64. The summed E-state index contributed by atoms with van der Waals surface area (Å²) in [6.07, 6.45) is 15.3. The molecule has 1 nitrogen and oxygen atoms in total. The number of hydrogen-bond acceptors (Lipinski definition) is 1. The lowest BCUT2D eigenvalue weighted by Gasteiger charge is -2.16. The molecular formula is C20H43N. The quantitative estimate of drug-likeness (QED) is 0.266. The lowest BCUT2D eigenvalue weighted by Crippen LogP contribution is -2.21. The van der Waals surface area contributed by atoms with Crippen molar-refractivity contribution in [1.82, 2.24) is 4.90 Å². The first kappa shape index (κ1) is 23.0. The van der Waals surface area contributed by atoms with Crippen molar-refractivity contribution < 1.29 is 0 Å². The molecule has 0 aromatic carbocycles. The van der Waals surface area contributed by atoms with Crippen LogP contribution in [0.3, 0.4) is 0 Å². The van der Waals surface area contributed by atoms with Crippen LogP contribution >= 0.6 is 0 Å². The first-order valence-corrected chi connectivity index (χ1v) is 9.41. The highest BCUT2D eigenvalue weighted by atomic mass is 15.1. The number of nitrogens with zero attached hydrogens (tertiary/aromatic N) is 1. The van der Waals surface area contributed by atoms with Crippen molar-refractivity contribution in [1.29, 1.82) is 0 Å². The van der Waals surface area contributed by atoms with Gasteiger partial charge in [0.15, 0.2) is 0 Å². The Balaban J connectivity index is 0. The highest BCUT2D eigenvalue weighted by molar-refractivity contribution is 4.90. The van der Waals surface area contributed by atoms with E-state index in [0.717, 1.165) is 6.54 Å². The average molecular weight is 298 g/mol. The second kappa shape index (κ2) is 19.7. The first-order valence-electron chi connectivity index (χ1n) is 9.41. The standard InChI is InChI=1S/C14H29N.C6H14/c1-5-6-7-8-9-10-11-12-15(4)13-14(2)3;1-3-5-6-4-2/h2,5-13H2,1,3-4H3;3-6H2,1-2H3. The summed E-state index contributed by atoms with van der Waals surface area (Å²) in [6, 6.07) is 0. The van der Waals surface area contributed by atoms with Crippen molar-refractivity contribution in [3.63, 3.8) is 0 Å². The average Bonchev–Trinajstić information content (AvgIpc) is 2.44. The van der Waals surface area contributed by atoms with E-state index in [1.54, 1.807) is 0 Å². The van der Waals surface area contributed by atoms with Gasteiger partial charge >= 0.3 is 0 Å². The Morgan fingerprint density at radius 2 is 1.10 bits per heavy atom. The van der Waals surface area contributed by atoms with Crippen LogP contribution in [0, 0.1) is 0 Å². The summed E-state index contributed by atoms with van der Waals surface area (Å²) in [5, 5.41) is 0. The van der Waals surface area contributed by atoms with Crippen LogP contribution in [0.5, 0.6) is 0 Å². The fourth-order valence-electron chi connectivity index (χ4n) is 2.38. The molecule has 21 heavy (non-hydrogen) atoms. The van der Waals surface area contributed by atoms with Gasteiger partial charge in [-0.25, -0.2) is 0 Å². The zero-order valence-electron chi connectivity index (χ0n) is 15.8. The highest BCUT2D eigenvalue weighted by Crippen LogP contribution is 2.07. The van der Waals surface area contributed by atoms with Gasteiger partial charge in [0.25, 0.3) is 0 Å². The second-order valence-electron chi connectivity index (χ2n) is 6.52. The minimum Gasteiger partial charge on any atom is -0.302 e. The predicted octanol–water partition coefficient (Wildman–Crippen LogP) is 6.83. The summed E-state index contributed by atoms with van der Waals surface area (Å²) >= 11 is 0. The number of hydrogen-bond donors (Lipinski definition) is 0. The molecule has 0 N–H and O–H groups in total. The zero-order chi connectivity index (χ0) is 16.3. The van der Waals surface area contributed by atoms with Crippen molar-refractivity contribution in [3.8, 4) is 0 Å². The van der Waals surface area contributed by atoms with Gasteiger partial charge in [0.2, 0.25) is 0 Å². The molecule has 0 aliphatic heterocycles. The Bertz CT molecular complexity index is 194. The Kier molecular flexibility index (Phi) is 21.6. The number of rotatable bonds is 13. The van der Waals surface area contributed by atoms with E-state index in [-0.39, 0.29) is 0 Å². The van der Waals surface area contributed by atoms with Crippen LogP contribution in [0.2, 0.25) is 0 Å². The summed E-state index contributed by atoms with van der Waals surface area (Å²) in [6.45, 7) is 15.0. The maximum atomic E-state index is 3.93. The summed E-state index contributed by atoms with van der Waals surface area (Å²) < 4.78 is 0. The van der Waals surface area contributed by atoms with E-state index in [1.165, 1.54) is 82.7 Å². The van der Waals surface area contributed by atoms with Gasteiger partial charge in [-0.05, 0) is 26.9 Å². The normalized spacial score (nSPS) is 10.4. The molecule has 128 valence electrons. The largest absolute Gasteiger partial charge is 0.302 e. The Hall–Kier alpha value is -0.300. The summed E-state index contributed by atoms with van der Waals surface area (Å²) in [5.74, 6) is 0. The van der Waals surface area contributed by atoms with E-state index in [9.17, 15) is 0 Å². The van der Waals surface area contributed by atoms with E-state index in [2.05, 4.69) is 46.2 Å². The van der Waals surface area contributed by atoms with Gasteiger partial charge in [0.1, 0.15) is 0 Å². The molecule has 0 heterocycles. The molecular weight excluding hydrogens is 254 g/mol. The Morgan fingerprint density at radius 1 is 0.714 bits per heavy atom. The fourth-order valence-corrected chi connectivity index (χ4v) is 2.38. The molecule has 0 bridgehead atoms. The predicted molar refractivity (Wildman–Crippen MR) is 100 cm³/mol. The summed E-state index contributed by atoms with van der Waals surface area (Å²) in [4.78, 5) is 2.37. The van der Waals surface area contributed by atoms with Crippen LogP contribution in [0.25, 0.3) is 0 Å². The molecule has 0 aromatic rings. The molecule has 0 saturated carbocycles. The molecule has 0 spiro atoms. The maximum absolute atomic E-state index is 3.93. The van der Waals surface area contributed by atoms with Gasteiger partial charge in [-0.1, -0.05) is 97.1 Å². The van der Waals surface area contributed by atoms with Gasteiger partial charge in [0, 0.05) is 6.54 Å². The number of unbranched alkanes of at least 4 members (excludes halogenated alkanes) is 9. The van der Waals surface area contributed by atoms with Crippen molar-refractivity contribution in [3.05, 3.63) is 12.2 Å². The highest BCUT2D eigenvalue weighted by Gasteiger charge is 1.97. The lowest BCUT2D eigenvalue weighted by molar-refractivity contribution is 0.349. The molecule has 0 saturated heterocycles. The molecule has 0 radical (unpaired) electrons. The Morgan fingerprint density at radius 3 is 1.52 bits per heavy atom. The molecule has 0 aromatic heterocycles. The van der Waals surface area contributed by atoms with Crippen LogP contribution in [0.4, 0.5) is 0 Å². The van der Waals surface area contributed by atoms with E-state index in [4.69, 9.17) is 0 Å². The second-order valence-corrected chi connectivity index (χ2v) is 6.52. The molecule has 0 amide bonds. The molecule has 0 aliphatic rings. The van der Waals surface area contributed by atoms with Gasteiger partial charge in [0.05, 0.1) is 0 Å². The van der Waals surface area contributed by atoms with Crippen molar-refractivity contribution in [2.24, 2.45) is 0 Å². The molecule has 0 fully saturated rings. The topological polar surface area (TPSA) is 3.24 Å². The number of likely N-dealkylation sites (N-methyl/N-ethyl adjacent to an activating group) is 1. The Labute approximate surface area is 136 Å². The van der Waals surface area contributed by atoms with E-state index >= 15 is 0 Å². The fraction of sp³-hybridized carbons (Fsp3) is 0.900. The lowest BCUT2D eigenvalue weighted by atomic mass is 10.1. The van der Waals surface area contributed by atoms with Crippen molar-refractivity contribution >= 4 is 0 Å². The van der Waals surface area contributed by atoms with Gasteiger partial charge in [-0.2, -0.15) is 0 Å². The van der Waals surface area contributed by atoms with Gasteiger partial charge in [-0.3, -0.25) is 0 Å². The van der Waals surface area contributed by atoms with E-state index in [0.29, 0.717) is 0 Å². The van der Waals surface area contributed by atoms with E-state index in [1.807, 2.05) is 0 Å². The minimum atomic E-state index is 1.05. The molecule has 0 unspecified atom stereocenters. The monoisotopic (exact) mass is 297 g/mol. The zero-order valence-corrected chi connectivity index (χ0v) is 15.8. The molecule has 0 atom stereocenters.